The fourth-order valence-corrected chi connectivity index (χ4v) is 4.37. The zero-order chi connectivity index (χ0) is 22.5. The molecule has 0 amide bonds. The monoisotopic (exact) mass is 455 g/mol. The van der Waals surface area contributed by atoms with Crippen LogP contribution in [0.3, 0.4) is 0 Å². The molecule has 0 aliphatic heterocycles. The van der Waals surface area contributed by atoms with E-state index in [9.17, 15) is 28.6 Å². The van der Waals surface area contributed by atoms with E-state index in [1.54, 1.807) is 13.8 Å². The van der Waals surface area contributed by atoms with Crippen molar-refractivity contribution < 1.29 is 18.3 Å². The second kappa shape index (κ2) is 9.61. The van der Waals surface area contributed by atoms with E-state index in [4.69, 9.17) is 11.6 Å². The van der Waals surface area contributed by atoms with Crippen LogP contribution >= 0.6 is 11.6 Å². The van der Waals surface area contributed by atoms with Gasteiger partial charge < -0.3 is 0 Å². The zero-order valence-electron chi connectivity index (χ0n) is 16.0. The van der Waals surface area contributed by atoms with Gasteiger partial charge in [0.05, 0.1) is 21.7 Å². The van der Waals surface area contributed by atoms with Crippen molar-refractivity contribution in [3.63, 3.8) is 0 Å². The molecule has 2 aromatic carbocycles. The van der Waals surface area contributed by atoms with Crippen molar-refractivity contribution in [2.75, 3.05) is 18.5 Å². The Morgan fingerprint density at radius 2 is 1.77 bits per heavy atom. The first kappa shape index (κ1) is 23.2. The van der Waals surface area contributed by atoms with E-state index in [0.29, 0.717) is 5.56 Å². The van der Waals surface area contributed by atoms with Crippen LogP contribution in [0.1, 0.15) is 19.4 Å². The summed E-state index contributed by atoms with van der Waals surface area (Å²) in [6.45, 7) is 3.66. The van der Waals surface area contributed by atoms with E-state index < -0.39 is 19.9 Å². The summed E-state index contributed by atoms with van der Waals surface area (Å²) in [5, 5.41) is 25.9. The molecule has 1 N–H and O–H groups in total. The second-order valence-electron chi connectivity index (χ2n) is 5.86. The third-order valence-electron chi connectivity index (χ3n) is 4.06. The first-order valence-electron chi connectivity index (χ1n) is 8.63. The topological polar surface area (TPSA) is 148 Å². The summed E-state index contributed by atoms with van der Waals surface area (Å²) in [6.07, 6.45) is 1.23. The Balaban J connectivity index is 2.42. The van der Waals surface area contributed by atoms with E-state index >= 15 is 0 Å². The Morgan fingerprint density at radius 1 is 1.10 bits per heavy atom. The van der Waals surface area contributed by atoms with Crippen molar-refractivity contribution in [1.29, 1.82) is 0 Å². The number of anilines is 1. The third-order valence-corrected chi connectivity index (χ3v) is 6.47. The summed E-state index contributed by atoms with van der Waals surface area (Å²) in [4.78, 5) is 20.4. The molecule has 30 heavy (non-hydrogen) atoms. The van der Waals surface area contributed by atoms with E-state index in [2.05, 4.69) is 10.5 Å². The number of halogens is 1. The third kappa shape index (κ3) is 5.09. The summed E-state index contributed by atoms with van der Waals surface area (Å²) in [6, 6.07) is 7.37. The SMILES string of the molecule is CCN(CC)S(=O)(=O)c1cc([N+](=O)[O-])ccc1N/N=C/c1ccc(Cl)c([N+](=O)[O-])c1. The fourth-order valence-electron chi connectivity index (χ4n) is 2.56. The summed E-state index contributed by atoms with van der Waals surface area (Å²) in [7, 11) is -4.02. The van der Waals surface area contributed by atoms with Gasteiger partial charge in [0.1, 0.15) is 9.92 Å². The van der Waals surface area contributed by atoms with Gasteiger partial charge in [0, 0.05) is 36.9 Å². The standard InChI is InChI=1S/C17H18ClN5O6S/c1-3-21(4-2)30(28,29)17-10-13(22(24)25)6-8-15(17)20-19-11-12-5-7-14(18)16(9-12)23(26)27/h5-11,20H,3-4H2,1-2H3/b19-11+. The van der Waals surface area contributed by atoms with Gasteiger partial charge in [0.15, 0.2) is 0 Å². The maximum atomic E-state index is 12.9. The molecule has 0 spiro atoms. The number of rotatable bonds is 9. The highest BCUT2D eigenvalue weighted by atomic mass is 35.5. The number of non-ortho nitro benzene ring substituents is 1. The van der Waals surface area contributed by atoms with E-state index in [-0.39, 0.29) is 40.1 Å². The average molecular weight is 456 g/mol. The van der Waals surface area contributed by atoms with Crippen LogP contribution in [0, 0.1) is 20.2 Å². The molecule has 0 aromatic heterocycles. The number of nitrogens with zero attached hydrogens (tertiary/aromatic N) is 4. The molecule has 0 aliphatic carbocycles. The molecule has 13 heteroatoms. The predicted octanol–water partition coefficient (Wildman–Crippen LogP) is 3.63. The van der Waals surface area contributed by atoms with Crippen molar-refractivity contribution in [2.45, 2.75) is 18.7 Å². The minimum absolute atomic E-state index is 0.0206. The lowest BCUT2D eigenvalue weighted by Gasteiger charge is -2.20. The van der Waals surface area contributed by atoms with Crippen LogP contribution < -0.4 is 5.43 Å². The van der Waals surface area contributed by atoms with Gasteiger partial charge in [-0.1, -0.05) is 31.5 Å². The van der Waals surface area contributed by atoms with Gasteiger partial charge in [-0.3, -0.25) is 25.7 Å². The highest BCUT2D eigenvalue weighted by Crippen LogP contribution is 2.29. The van der Waals surface area contributed by atoms with E-state index in [0.717, 1.165) is 16.4 Å². The quantitative estimate of drug-likeness (QED) is 0.344. The molecule has 0 bridgehead atoms. The molecule has 0 saturated carbocycles. The molecule has 0 unspecified atom stereocenters. The summed E-state index contributed by atoms with van der Waals surface area (Å²) in [5.41, 5.74) is 2.21. The first-order chi connectivity index (χ1) is 14.1. The molecular formula is C17H18ClN5O6S. The Morgan fingerprint density at radius 3 is 2.33 bits per heavy atom. The number of sulfonamides is 1. The molecule has 0 saturated heterocycles. The Bertz CT molecular complexity index is 1100. The lowest BCUT2D eigenvalue weighted by molar-refractivity contribution is -0.385. The number of nitrogens with one attached hydrogen (secondary N) is 1. The van der Waals surface area contributed by atoms with Crippen LogP contribution in [0.4, 0.5) is 17.1 Å². The molecule has 2 rings (SSSR count). The molecule has 0 heterocycles. The van der Waals surface area contributed by atoms with Gasteiger partial charge in [-0.2, -0.15) is 9.41 Å². The number of nitro groups is 2. The van der Waals surface area contributed by atoms with Crippen molar-refractivity contribution in [3.8, 4) is 0 Å². The fraction of sp³-hybridized carbons (Fsp3) is 0.235. The van der Waals surface area contributed by atoms with Gasteiger partial charge in [-0.05, 0) is 12.1 Å². The zero-order valence-corrected chi connectivity index (χ0v) is 17.6. The van der Waals surface area contributed by atoms with Crippen molar-refractivity contribution in [2.24, 2.45) is 5.10 Å². The first-order valence-corrected chi connectivity index (χ1v) is 10.4. The number of nitro benzene ring substituents is 2. The number of benzene rings is 2. The van der Waals surface area contributed by atoms with Crippen molar-refractivity contribution >= 4 is 44.9 Å². The molecule has 11 nitrogen and oxygen atoms in total. The van der Waals surface area contributed by atoms with Gasteiger partial charge in [-0.25, -0.2) is 8.42 Å². The van der Waals surface area contributed by atoms with E-state index in [1.807, 2.05) is 0 Å². The van der Waals surface area contributed by atoms with Crippen LogP contribution in [0.2, 0.25) is 5.02 Å². The molecule has 160 valence electrons. The largest absolute Gasteiger partial charge is 0.288 e. The summed E-state index contributed by atoms with van der Waals surface area (Å²) in [5.74, 6) is 0. The van der Waals surface area contributed by atoms with Crippen molar-refractivity contribution in [3.05, 3.63) is 67.2 Å². The number of hydrogen-bond acceptors (Lipinski definition) is 8. The highest BCUT2D eigenvalue weighted by molar-refractivity contribution is 7.89. The van der Waals surface area contributed by atoms with Crippen LogP contribution in [0.25, 0.3) is 0 Å². The summed E-state index contributed by atoms with van der Waals surface area (Å²) >= 11 is 5.76. The molecule has 0 aliphatic rings. The van der Waals surface area contributed by atoms with Crippen LogP contribution in [0.5, 0.6) is 0 Å². The number of hydrogen-bond donors (Lipinski definition) is 1. The molecule has 0 fully saturated rings. The Hall–Kier alpha value is -3.09. The highest BCUT2D eigenvalue weighted by Gasteiger charge is 2.27. The lowest BCUT2D eigenvalue weighted by atomic mass is 10.2. The van der Waals surface area contributed by atoms with E-state index in [1.165, 1.54) is 30.5 Å². The molecule has 2 aromatic rings. The van der Waals surface area contributed by atoms with Crippen LogP contribution in [-0.2, 0) is 10.0 Å². The van der Waals surface area contributed by atoms with Gasteiger partial charge >= 0.3 is 0 Å². The molecule has 0 radical (unpaired) electrons. The maximum Gasteiger partial charge on any atom is 0.288 e. The van der Waals surface area contributed by atoms with Crippen LogP contribution in [0.15, 0.2) is 46.4 Å². The van der Waals surface area contributed by atoms with Crippen LogP contribution in [-0.4, -0.2) is 41.9 Å². The smallest absolute Gasteiger partial charge is 0.277 e. The Kier molecular flexibility index (Phi) is 7.43. The number of hydrazone groups is 1. The summed E-state index contributed by atoms with van der Waals surface area (Å²) < 4.78 is 27.0. The lowest BCUT2D eigenvalue weighted by Crippen LogP contribution is -2.31. The molecule has 0 atom stereocenters. The minimum atomic E-state index is -4.02. The molecular weight excluding hydrogens is 438 g/mol. The van der Waals surface area contributed by atoms with Gasteiger partial charge in [0.25, 0.3) is 11.4 Å². The van der Waals surface area contributed by atoms with Crippen molar-refractivity contribution in [1.82, 2.24) is 4.31 Å². The van der Waals surface area contributed by atoms with Gasteiger partial charge in [0.2, 0.25) is 10.0 Å². The minimum Gasteiger partial charge on any atom is -0.277 e. The Labute approximate surface area is 177 Å². The second-order valence-corrected chi connectivity index (χ2v) is 8.18. The normalized spacial score (nSPS) is 11.7. The van der Waals surface area contributed by atoms with Gasteiger partial charge in [-0.15, -0.1) is 0 Å². The maximum absolute atomic E-state index is 12.9. The predicted molar refractivity (Wildman–Crippen MR) is 113 cm³/mol. The average Bonchev–Trinajstić information content (AvgIpc) is 2.69.